The van der Waals surface area contributed by atoms with Crippen LogP contribution in [0.5, 0.6) is 5.75 Å². The van der Waals surface area contributed by atoms with E-state index >= 15 is 0 Å². The minimum absolute atomic E-state index is 0.155. The Bertz CT molecular complexity index is 465. The summed E-state index contributed by atoms with van der Waals surface area (Å²) in [6.07, 6.45) is 3.63. The van der Waals surface area contributed by atoms with Gasteiger partial charge in [0.15, 0.2) is 0 Å². The summed E-state index contributed by atoms with van der Waals surface area (Å²) in [5, 5.41) is 17.9. The topological polar surface area (TPSA) is 77.8 Å². The summed E-state index contributed by atoms with van der Waals surface area (Å²) >= 11 is 0. The quantitative estimate of drug-likeness (QED) is 0.766. The number of hydrogen-bond acceptors (Lipinski definition) is 3. The molecule has 2 N–H and O–H groups in total. The highest BCUT2D eigenvalue weighted by Gasteiger charge is 2.12. The van der Waals surface area contributed by atoms with Gasteiger partial charge in [-0.15, -0.1) is 0 Å². The number of carboxylic acids is 1. The molecule has 0 heterocycles. The molecule has 102 valence electrons. The molecule has 0 aliphatic carbocycles. The molecular formula is C14H17NO4. The Labute approximate surface area is 111 Å². The van der Waals surface area contributed by atoms with Crippen molar-refractivity contribution in [3.63, 3.8) is 0 Å². The van der Waals surface area contributed by atoms with Crippen LogP contribution in [0.15, 0.2) is 30.3 Å². The summed E-state index contributed by atoms with van der Waals surface area (Å²) < 4.78 is 0. The van der Waals surface area contributed by atoms with Gasteiger partial charge in [-0.3, -0.25) is 9.59 Å². The maximum absolute atomic E-state index is 11.8. The number of carboxylic acid groups (broad SMARTS) is 1. The van der Waals surface area contributed by atoms with E-state index in [1.165, 1.54) is 23.1 Å². The van der Waals surface area contributed by atoms with Gasteiger partial charge in [0.1, 0.15) is 12.3 Å². The summed E-state index contributed by atoms with van der Waals surface area (Å²) in [5.74, 6) is -1.21. The lowest BCUT2D eigenvalue weighted by molar-refractivity contribution is -0.142. The number of hydrogen-bond donors (Lipinski definition) is 2. The number of nitrogens with zero attached hydrogens (tertiary/aromatic N) is 1. The van der Waals surface area contributed by atoms with Gasteiger partial charge in [-0.25, -0.2) is 0 Å². The van der Waals surface area contributed by atoms with Crippen molar-refractivity contribution in [2.24, 2.45) is 0 Å². The molecule has 1 aromatic rings. The number of aliphatic carboxylic acids is 1. The third kappa shape index (κ3) is 5.25. The lowest BCUT2D eigenvalue weighted by Gasteiger charge is -2.17. The zero-order chi connectivity index (χ0) is 14.3. The van der Waals surface area contributed by atoms with E-state index < -0.39 is 5.97 Å². The van der Waals surface area contributed by atoms with Gasteiger partial charge in [-0.2, -0.15) is 0 Å². The number of rotatable bonds is 6. The van der Waals surface area contributed by atoms with Crippen LogP contribution in [-0.4, -0.2) is 40.1 Å². The van der Waals surface area contributed by atoms with Crippen LogP contribution in [0, 0.1) is 0 Å². The molecule has 0 saturated carbocycles. The fourth-order valence-electron chi connectivity index (χ4n) is 1.56. The molecular weight excluding hydrogens is 246 g/mol. The highest BCUT2D eigenvalue weighted by atomic mass is 16.4. The monoisotopic (exact) mass is 263 g/mol. The lowest BCUT2D eigenvalue weighted by atomic mass is 10.2. The molecule has 19 heavy (non-hydrogen) atoms. The van der Waals surface area contributed by atoms with E-state index in [-0.39, 0.29) is 18.2 Å². The Morgan fingerprint density at radius 3 is 2.42 bits per heavy atom. The standard InChI is InChI=1S/C14H17NO4/c1-2-9-15(10-14(18)19)13(17)8-5-11-3-6-12(16)7-4-11/h3-8,16H,2,9-10H2,1H3,(H,18,19). The van der Waals surface area contributed by atoms with Crippen LogP contribution in [0.4, 0.5) is 0 Å². The fourth-order valence-corrected chi connectivity index (χ4v) is 1.56. The van der Waals surface area contributed by atoms with E-state index in [2.05, 4.69) is 0 Å². The smallest absolute Gasteiger partial charge is 0.323 e. The number of phenols is 1. The van der Waals surface area contributed by atoms with E-state index in [1.54, 1.807) is 18.2 Å². The third-order valence-corrected chi connectivity index (χ3v) is 2.44. The van der Waals surface area contributed by atoms with Crippen LogP contribution >= 0.6 is 0 Å². The first-order valence-electron chi connectivity index (χ1n) is 6.00. The molecule has 1 aromatic carbocycles. The third-order valence-electron chi connectivity index (χ3n) is 2.44. The highest BCUT2D eigenvalue weighted by molar-refractivity contribution is 5.93. The normalized spacial score (nSPS) is 10.6. The summed E-state index contributed by atoms with van der Waals surface area (Å²) in [7, 11) is 0. The van der Waals surface area contributed by atoms with Crippen LogP contribution in [0.25, 0.3) is 6.08 Å². The largest absolute Gasteiger partial charge is 0.508 e. The molecule has 0 spiro atoms. The minimum atomic E-state index is -1.03. The Morgan fingerprint density at radius 2 is 1.89 bits per heavy atom. The van der Waals surface area contributed by atoms with Crippen molar-refractivity contribution < 1.29 is 19.8 Å². The minimum Gasteiger partial charge on any atom is -0.508 e. The molecule has 5 heteroatoms. The van der Waals surface area contributed by atoms with Gasteiger partial charge in [-0.05, 0) is 30.2 Å². The molecule has 0 atom stereocenters. The van der Waals surface area contributed by atoms with Crippen molar-refractivity contribution in [3.05, 3.63) is 35.9 Å². The summed E-state index contributed by atoms with van der Waals surface area (Å²) in [4.78, 5) is 23.8. The molecule has 1 rings (SSSR count). The predicted octanol–water partition coefficient (Wildman–Crippen LogP) is 1.73. The van der Waals surface area contributed by atoms with E-state index in [0.717, 1.165) is 5.56 Å². The van der Waals surface area contributed by atoms with E-state index in [4.69, 9.17) is 10.2 Å². The molecule has 0 aliphatic rings. The molecule has 0 aliphatic heterocycles. The van der Waals surface area contributed by atoms with Crippen molar-refractivity contribution >= 4 is 18.0 Å². The van der Waals surface area contributed by atoms with E-state index in [0.29, 0.717) is 13.0 Å². The Hall–Kier alpha value is -2.30. The summed E-state index contributed by atoms with van der Waals surface area (Å²) in [6.45, 7) is 1.99. The maximum Gasteiger partial charge on any atom is 0.323 e. The van der Waals surface area contributed by atoms with Crippen LogP contribution in [0.2, 0.25) is 0 Å². The van der Waals surface area contributed by atoms with Crippen LogP contribution < -0.4 is 0 Å². The number of phenolic OH excluding ortho intramolecular Hbond substituents is 1. The van der Waals surface area contributed by atoms with Gasteiger partial charge in [0.05, 0.1) is 0 Å². The fraction of sp³-hybridized carbons (Fsp3) is 0.286. The van der Waals surface area contributed by atoms with Gasteiger partial charge in [0, 0.05) is 12.6 Å². The average molecular weight is 263 g/mol. The van der Waals surface area contributed by atoms with Gasteiger partial charge < -0.3 is 15.1 Å². The van der Waals surface area contributed by atoms with Crippen molar-refractivity contribution in [3.8, 4) is 5.75 Å². The van der Waals surface area contributed by atoms with Gasteiger partial charge in [-0.1, -0.05) is 19.1 Å². The van der Waals surface area contributed by atoms with Gasteiger partial charge in [0.25, 0.3) is 0 Å². The van der Waals surface area contributed by atoms with Crippen molar-refractivity contribution in [1.29, 1.82) is 0 Å². The number of amides is 1. The Kier molecular flexibility index (Phi) is 5.60. The Balaban J connectivity index is 2.69. The molecule has 5 nitrogen and oxygen atoms in total. The second-order valence-electron chi connectivity index (χ2n) is 4.08. The SMILES string of the molecule is CCCN(CC(=O)O)C(=O)C=Cc1ccc(O)cc1. The predicted molar refractivity (Wildman–Crippen MR) is 71.6 cm³/mol. The first-order valence-corrected chi connectivity index (χ1v) is 6.00. The molecule has 0 fully saturated rings. The molecule has 0 bridgehead atoms. The lowest BCUT2D eigenvalue weighted by Crippen LogP contribution is -2.35. The molecule has 1 amide bonds. The zero-order valence-electron chi connectivity index (χ0n) is 10.7. The molecule has 0 saturated heterocycles. The van der Waals surface area contributed by atoms with Crippen molar-refractivity contribution in [2.75, 3.05) is 13.1 Å². The maximum atomic E-state index is 11.8. The number of aromatic hydroxyl groups is 1. The van der Waals surface area contributed by atoms with Crippen LogP contribution in [-0.2, 0) is 9.59 Å². The highest BCUT2D eigenvalue weighted by Crippen LogP contribution is 2.11. The molecule has 0 aromatic heterocycles. The summed E-state index contributed by atoms with van der Waals surface area (Å²) in [5.41, 5.74) is 0.762. The summed E-state index contributed by atoms with van der Waals surface area (Å²) in [6, 6.07) is 6.37. The van der Waals surface area contributed by atoms with Crippen LogP contribution in [0.1, 0.15) is 18.9 Å². The van der Waals surface area contributed by atoms with Crippen molar-refractivity contribution in [1.82, 2.24) is 4.90 Å². The second-order valence-corrected chi connectivity index (χ2v) is 4.08. The van der Waals surface area contributed by atoms with Crippen molar-refractivity contribution in [2.45, 2.75) is 13.3 Å². The Morgan fingerprint density at radius 1 is 1.26 bits per heavy atom. The average Bonchev–Trinajstić information content (AvgIpc) is 2.37. The molecule has 0 radical (unpaired) electrons. The number of benzene rings is 1. The zero-order valence-corrected chi connectivity index (χ0v) is 10.7. The van der Waals surface area contributed by atoms with Crippen LogP contribution in [0.3, 0.4) is 0 Å². The molecule has 0 unspecified atom stereocenters. The first kappa shape index (κ1) is 14.8. The van der Waals surface area contributed by atoms with E-state index in [1.807, 2.05) is 6.92 Å². The van der Waals surface area contributed by atoms with Gasteiger partial charge in [0.2, 0.25) is 5.91 Å². The van der Waals surface area contributed by atoms with E-state index in [9.17, 15) is 9.59 Å². The number of carbonyl (C=O) groups excluding carboxylic acids is 1. The first-order chi connectivity index (χ1) is 9.02. The number of carbonyl (C=O) groups is 2. The second kappa shape index (κ2) is 7.20. The van der Waals surface area contributed by atoms with Gasteiger partial charge >= 0.3 is 5.97 Å².